The predicted octanol–water partition coefficient (Wildman–Crippen LogP) is 2.38. The maximum Gasteiger partial charge on any atom is 0.243 e. The summed E-state index contributed by atoms with van der Waals surface area (Å²) in [6.45, 7) is 4.75. The largest absolute Gasteiger partial charge is 0.345 e. The Labute approximate surface area is 125 Å². The van der Waals surface area contributed by atoms with Crippen LogP contribution in [0, 0.1) is 5.92 Å². The van der Waals surface area contributed by atoms with E-state index < -0.39 is 0 Å². The fourth-order valence-electron chi connectivity index (χ4n) is 2.18. The normalized spacial score (nSPS) is 20.0. The number of hydrogen-bond donors (Lipinski definition) is 1. The molecular formula is C13H17BrN2O2S. The van der Waals surface area contributed by atoms with Crippen molar-refractivity contribution in [1.29, 1.82) is 0 Å². The summed E-state index contributed by atoms with van der Waals surface area (Å²) in [6, 6.07) is 1.65. The molecular weight excluding hydrogens is 328 g/mol. The van der Waals surface area contributed by atoms with Gasteiger partial charge in [0.2, 0.25) is 11.8 Å². The Morgan fingerprint density at radius 3 is 2.84 bits per heavy atom. The number of halogens is 1. The van der Waals surface area contributed by atoms with Crippen LogP contribution in [0.15, 0.2) is 15.9 Å². The lowest BCUT2D eigenvalue weighted by Crippen LogP contribution is -2.58. The molecule has 6 heteroatoms. The molecule has 0 aromatic carbocycles. The van der Waals surface area contributed by atoms with Gasteiger partial charge in [0.15, 0.2) is 0 Å². The first-order valence-corrected chi connectivity index (χ1v) is 7.94. The molecule has 0 saturated carbocycles. The third-order valence-corrected chi connectivity index (χ3v) is 4.74. The molecule has 1 aliphatic rings. The SMILES string of the molecule is CC(C)CC1C(=O)NCC(=O)N1Cc1cc(Br)cs1. The lowest BCUT2D eigenvalue weighted by atomic mass is 10.00. The second kappa shape index (κ2) is 6.05. The number of hydrogen-bond acceptors (Lipinski definition) is 3. The third kappa shape index (κ3) is 3.57. The van der Waals surface area contributed by atoms with E-state index in [2.05, 4.69) is 35.1 Å². The highest BCUT2D eigenvalue weighted by molar-refractivity contribution is 9.10. The summed E-state index contributed by atoms with van der Waals surface area (Å²) in [5, 5.41) is 4.66. The third-order valence-electron chi connectivity index (χ3n) is 3.06. The van der Waals surface area contributed by atoms with Gasteiger partial charge < -0.3 is 10.2 Å². The van der Waals surface area contributed by atoms with Gasteiger partial charge in [0.25, 0.3) is 0 Å². The maximum absolute atomic E-state index is 12.0. The summed E-state index contributed by atoms with van der Waals surface area (Å²) in [7, 11) is 0. The molecule has 1 fully saturated rings. The zero-order chi connectivity index (χ0) is 14.0. The van der Waals surface area contributed by atoms with E-state index in [0.717, 1.165) is 9.35 Å². The van der Waals surface area contributed by atoms with Crippen LogP contribution >= 0.6 is 27.3 Å². The van der Waals surface area contributed by atoms with Gasteiger partial charge in [0, 0.05) is 14.7 Å². The topological polar surface area (TPSA) is 49.4 Å². The summed E-state index contributed by atoms with van der Waals surface area (Å²) in [6.07, 6.45) is 0.699. The van der Waals surface area contributed by atoms with Crippen LogP contribution < -0.4 is 5.32 Å². The van der Waals surface area contributed by atoms with Gasteiger partial charge in [0.1, 0.15) is 6.04 Å². The minimum Gasteiger partial charge on any atom is -0.345 e. The van der Waals surface area contributed by atoms with Crippen LogP contribution in [0.1, 0.15) is 25.1 Å². The number of rotatable bonds is 4. The summed E-state index contributed by atoms with van der Waals surface area (Å²) in [5.41, 5.74) is 0. The molecule has 0 bridgehead atoms. The maximum atomic E-state index is 12.0. The van der Waals surface area contributed by atoms with E-state index in [-0.39, 0.29) is 24.4 Å². The summed E-state index contributed by atoms with van der Waals surface area (Å²) in [5.74, 6) is 0.331. The van der Waals surface area contributed by atoms with E-state index >= 15 is 0 Å². The quantitative estimate of drug-likeness (QED) is 0.911. The molecule has 1 aromatic rings. The lowest BCUT2D eigenvalue weighted by molar-refractivity contribution is -0.146. The van der Waals surface area contributed by atoms with Gasteiger partial charge in [-0.15, -0.1) is 11.3 Å². The molecule has 4 nitrogen and oxygen atoms in total. The van der Waals surface area contributed by atoms with Gasteiger partial charge in [-0.1, -0.05) is 13.8 Å². The van der Waals surface area contributed by atoms with Gasteiger partial charge in [0.05, 0.1) is 13.1 Å². The highest BCUT2D eigenvalue weighted by Crippen LogP contribution is 2.24. The van der Waals surface area contributed by atoms with Gasteiger partial charge in [-0.3, -0.25) is 9.59 Å². The van der Waals surface area contributed by atoms with E-state index in [4.69, 9.17) is 0 Å². The minimum atomic E-state index is -0.345. The fraction of sp³-hybridized carbons (Fsp3) is 0.538. The van der Waals surface area contributed by atoms with E-state index in [1.165, 1.54) is 0 Å². The number of nitrogens with zero attached hydrogens (tertiary/aromatic N) is 1. The number of thiophene rings is 1. The van der Waals surface area contributed by atoms with Gasteiger partial charge in [-0.2, -0.15) is 0 Å². The molecule has 0 aliphatic carbocycles. The summed E-state index contributed by atoms with van der Waals surface area (Å²) >= 11 is 5.00. The molecule has 19 heavy (non-hydrogen) atoms. The van der Waals surface area contributed by atoms with Gasteiger partial charge >= 0.3 is 0 Å². The van der Waals surface area contributed by atoms with Crippen LogP contribution in [0.5, 0.6) is 0 Å². The highest BCUT2D eigenvalue weighted by atomic mass is 79.9. The second-order valence-electron chi connectivity index (χ2n) is 5.12. The first-order valence-electron chi connectivity index (χ1n) is 6.27. The Bertz CT molecular complexity index is 487. The summed E-state index contributed by atoms with van der Waals surface area (Å²) in [4.78, 5) is 26.8. The Hall–Kier alpha value is -0.880. The first-order chi connectivity index (χ1) is 8.97. The van der Waals surface area contributed by atoms with Crippen LogP contribution in [0.4, 0.5) is 0 Å². The van der Waals surface area contributed by atoms with Crippen molar-refractivity contribution in [2.75, 3.05) is 6.54 Å². The van der Waals surface area contributed by atoms with Gasteiger partial charge in [-0.25, -0.2) is 0 Å². The van der Waals surface area contributed by atoms with Crippen molar-refractivity contribution >= 4 is 39.1 Å². The smallest absolute Gasteiger partial charge is 0.243 e. The molecule has 104 valence electrons. The van der Waals surface area contributed by atoms with Crippen molar-refractivity contribution in [3.63, 3.8) is 0 Å². The Morgan fingerprint density at radius 1 is 1.53 bits per heavy atom. The Morgan fingerprint density at radius 2 is 2.26 bits per heavy atom. The van der Waals surface area contributed by atoms with Crippen molar-refractivity contribution in [3.05, 3.63) is 20.8 Å². The van der Waals surface area contributed by atoms with E-state index in [0.29, 0.717) is 18.9 Å². The molecule has 2 rings (SSSR count). The van der Waals surface area contributed by atoms with Crippen LogP contribution in [-0.4, -0.2) is 29.3 Å². The molecule has 1 unspecified atom stereocenters. The first kappa shape index (κ1) is 14.5. The highest BCUT2D eigenvalue weighted by Gasteiger charge is 2.34. The molecule has 2 heterocycles. The molecule has 0 radical (unpaired) electrons. The molecule has 0 spiro atoms. The van der Waals surface area contributed by atoms with Crippen molar-refractivity contribution in [1.82, 2.24) is 10.2 Å². The second-order valence-corrected chi connectivity index (χ2v) is 7.03. The molecule has 2 amide bonds. The van der Waals surface area contributed by atoms with Crippen LogP contribution in [0.25, 0.3) is 0 Å². The Kier molecular flexibility index (Phi) is 4.62. The van der Waals surface area contributed by atoms with Crippen molar-refractivity contribution in [3.8, 4) is 0 Å². The monoisotopic (exact) mass is 344 g/mol. The summed E-state index contributed by atoms with van der Waals surface area (Å²) < 4.78 is 1.02. The minimum absolute atomic E-state index is 0.00484. The van der Waals surface area contributed by atoms with E-state index in [1.807, 2.05) is 11.4 Å². The standard InChI is InChI=1S/C13H17BrN2O2S/c1-8(2)3-11-13(18)15-5-12(17)16(11)6-10-4-9(14)7-19-10/h4,7-8,11H,3,5-6H2,1-2H3,(H,15,18). The average Bonchev–Trinajstić information content (AvgIpc) is 2.74. The molecule has 1 N–H and O–H groups in total. The van der Waals surface area contributed by atoms with Crippen LogP contribution in [0.3, 0.4) is 0 Å². The van der Waals surface area contributed by atoms with Gasteiger partial charge in [-0.05, 0) is 34.3 Å². The fourth-order valence-corrected chi connectivity index (χ4v) is 3.63. The van der Waals surface area contributed by atoms with E-state index in [9.17, 15) is 9.59 Å². The number of amides is 2. The Balaban J connectivity index is 2.16. The van der Waals surface area contributed by atoms with Crippen molar-refractivity contribution in [2.45, 2.75) is 32.9 Å². The number of nitrogens with one attached hydrogen (secondary N) is 1. The average molecular weight is 345 g/mol. The molecule has 1 aromatic heterocycles. The molecule has 1 atom stereocenters. The molecule has 1 aliphatic heterocycles. The number of piperazine rings is 1. The van der Waals surface area contributed by atoms with Crippen molar-refractivity contribution in [2.24, 2.45) is 5.92 Å². The zero-order valence-corrected chi connectivity index (χ0v) is 13.4. The number of carbonyl (C=O) groups is 2. The van der Waals surface area contributed by atoms with Crippen molar-refractivity contribution < 1.29 is 9.59 Å². The van der Waals surface area contributed by atoms with Crippen LogP contribution in [-0.2, 0) is 16.1 Å². The van der Waals surface area contributed by atoms with E-state index in [1.54, 1.807) is 16.2 Å². The van der Waals surface area contributed by atoms with Crippen LogP contribution in [0.2, 0.25) is 0 Å². The predicted molar refractivity (Wildman–Crippen MR) is 78.8 cm³/mol. The zero-order valence-electron chi connectivity index (χ0n) is 11.0. The number of carbonyl (C=O) groups excluding carboxylic acids is 2. The lowest BCUT2D eigenvalue weighted by Gasteiger charge is -2.35. The molecule has 1 saturated heterocycles.